The fourth-order valence-corrected chi connectivity index (χ4v) is 8.16. The van der Waals surface area contributed by atoms with Crippen molar-refractivity contribution in [2.45, 2.75) is 0 Å². The average Bonchev–Trinajstić information content (AvgIpc) is 3.59. The molecule has 47 heavy (non-hydrogen) atoms. The Morgan fingerprint density at radius 2 is 1.17 bits per heavy atom. The third-order valence-electron chi connectivity index (χ3n) is 9.44. The van der Waals surface area contributed by atoms with Gasteiger partial charge in [0.1, 0.15) is 23.0 Å². The predicted molar refractivity (Wildman–Crippen MR) is 197 cm³/mol. The molecule has 0 atom stereocenters. The summed E-state index contributed by atoms with van der Waals surface area (Å²) in [6, 6.07) is 53.9. The van der Waals surface area contributed by atoms with E-state index in [2.05, 4.69) is 150 Å². The molecule has 0 amide bonds. The summed E-state index contributed by atoms with van der Waals surface area (Å²) in [6.07, 6.45) is 0. The van der Waals surface area contributed by atoms with Crippen molar-refractivity contribution in [3.8, 4) is 34.1 Å². The summed E-state index contributed by atoms with van der Waals surface area (Å²) in [5, 5.41) is 5.76. The summed E-state index contributed by atoms with van der Waals surface area (Å²) in [5.74, 6) is 3.40. The van der Waals surface area contributed by atoms with Crippen LogP contribution in [0.3, 0.4) is 0 Å². The van der Waals surface area contributed by atoms with E-state index in [9.17, 15) is 0 Å². The van der Waals surface area contributed by atoms with Crippen LogP contribution < -0.4 is 30.8 Å². The molecule has 7 aromatic carbocycles. The van der Waals surface area contributed by atoms with E-state index in [0.29, 0.717) is 0 Å². The Kier molecular flexibility index (Phi) is 5.84. The van der Waals surface area contributed by atoms with Crippen LogP contribution >= 0.6 is 11.3 Å². The van der Waals surface area contributed by atoms with Gasteiger partial charge in [-0.1, -0.05) is 103 Å². The van der Waals surface area contributed by atoms with Crippen LogP contribution in [0.15, 0.2) is 157 Å². The van der Waals surface area contributed by atoms with Crippen molar-refractivity contribution in [2.24, 2.45) is 0 Å². The lowest BCUT2D eigenvalue weighted by atomic mass is 9.35. The van der Waals surface area contributed by atoms with Crippen LogP contribution in [-0.2, 0) is 0 Å². The quantitative estimate of drug-likeness (QED) is 0.183. The molecule has 0 bridgehead atoms. The highest BCUT2D eigenvalue weighted by Crippen LogP contribution is 2.48. The highest BCUT2D eigenvalue weighted by Gasteiger charge is 2.40. The van der Waals surface area contributed by atoms with Crippen molar-refractivity contribution in [2.75, 3.05) is 4.90 Å². The lowest BCUT2D eigenvalue weighted by molar-refractivity contribution is 0.465. The normalized spacial score (nSPS) is 12.6. The zero-order chi connectivity index (χ0) is 30.9. The number of nitrogens with zero attached hydrogens (tertiary/aromatic N) is 1. The summed E-state index contributed by atoms with van der Waals surface area (Å²) >= 11 is 1.77. The van der Waals surface area contributed by atoms with E-state index in [-0.39, 0.29) is 6.71 Å². The largest absolute Gasteiger partial charge is 0.458 e. The highest BCUT2D eigenvalue weighted by atomic mass is 32.1. The molecule has 5 heteroatoms. The number of anilines is 3. The molecule has 2 aliphatic heterocycles. The van der Waals surface area contributed by atoms with Crippen LogP contribution in [-0.4, -0.2) is 6.71 Å². The summed E-state index contributed by atoms with van der Waals surface area (Å²) < 4.78 is 14.8. The van der Waals surface area contributed by atoms with Crippen LogP contribution in [0, 0.1) is 0 Å². The lowest BCUT2D eigenvalue weighted by Gasteiger charge is -2.35. The number of fused-ring (bicyclic) bond motifs is 6. The molecule has 0 saturated carbocycles. The first-order chi connectivity index (χ1) is 23.3. The molecular weight excluding hydrogens is 593 g/mol. The van der Waals surface area contributed by atoms with Crippen molar-refractivity contribution in [3.05, 3.63) is 157 Å². The van der Waals surface area contributed by atoms with Crippen molar-refractivity contribution in [3.63, 3.8) is 0 Å². The van der Waals surface area contributed by atoms with E-state index in [0.717, 1.165) is 67.6 Å². The molecule has 0 N–H and O–H groups in total. The van der Waals surface area contributed by atoms with E-state index in [1.807, 2.05) is 12.1 Å². The number of thiophene rings is 1. The first-order valence-corrected chi connectivity index (χ1v) is 16.7. The summed E-state index contributed by atoms with van der Waals surface area (Å²) in [5.41, 5.74) is 8.87. The van der Waals surface area contributed by atoms with Gasteiger partial charge in [0.2, 0.25) is 0 Å². The first-order valence-electron chi connectivity index (χ1n) is 15.9. The Balaban J connectivity index is 1.28. The maximum atomic E-state index is 6.76. The van der Waals surface area contributed by atoms with Crippen molar-refractivity contribution in [1.82, 2.24) is 0 Å². The molecule has 0 radical (unpaired) electrons. The molecular formula is C42H26BNO2S. The number of hydrogen-bond donors (Lipinski definition) is 0. The van der Waals surface area contributed by atoms with Gasteiger partial charge in [-0.25, -0.2) is 0 Å². The molecule has 3 heterocycles. The molecule has 1 aromatic heterocycles. The fraction of sp³-hybridized carbons (Fsp3) is 0. The zero-order valence-corrected chi connectivity index (χ0v) is 26.1. The summed E-state index contributed by atoms with van der Waals surface area (Å²) in [4.78, 5) is 2.39. The van der Waals surface area contributed by atoms with Gasteiger partial charge >= 0.3 is 0 Å². The molecule has 0 aliphatic carbocycles. The van der Waals surface area contributed by atoms with Gasteiger partial charge in [0.25, 0.3) is 6.71 Å². The molecule has 8 aromatic rings. The number of benzene rings is 7. The molecule has 220 valence electrons. The topological polar surface area (TPSA) is 21.7 Å². The predicted octanol–water partition coefficient (Wildman–Crippen LogP) is 9.92. The maximum Gasteiger partial charge on any atom is 0.260 e. The second-order valence-corrected chi connectivity index (χ2v) is 13.0. The SMILES string of the molecule is c1ccc(-c2cc3ccsc3cc2N(c2cc3c4c(c2)Oc2ccccc2B4c2ccccc2O3)c2cccc3ccccc23)cc1. The van der Waals surface area contributed by atoms with Gasteiger partial charge in [-0.05, 0) is 69.0 Å². The number of rotatable bonds is 4. The average molecular weight is 620 g/mol. The Morgan fingerprint density at radius 3 is 1.94 bits per heavy atom. The molecule has 3 nitrogen and oxygen atoms in total. The second kappa shape index (κ2) is 10.4. The van der Waals surface area contributed by atoms with Gasteiger partial charge < -0.3 is 14.4 Å². The van der Waals surface area contributed by atoms with Crippen LogP contribution in [0.4, 0.5) is 17.1 Å². The van der Waals surface area contributed by atoms with E-state index in [1.54, 1.807) is 11.3 Å². The first kappa shape index (κ1) is 26.4. The van der Waals surface area contributed by atoms with Crippen LogP contribution in [0.5, 0.6) is 23.0 Å². The van der Waals surface area contributed by atoms with Gasteiger partial charge in [-0.15, -0.1) is 11.3 Å². The van der Waals surface area contributed by atoms with Crippen LogP contribution in [0.25, 0.3) is 32.0 Å². The Labute approximate surface area is 277 Å². The Bertz CT molecular complexity index is 2430. The standard InChI is InChI=1S/C42H26BNO2S/c1-2-11-28(12-3-1)32-23-29-21-22-47-41(29)26-36(32)44(35-18-10-14-27-13-4-5-15-31(27)35)30-24-39-42-40(25-30)46-38-20-9-7-17-34(38)43(42)33-16-6-8-19-37(33)45-39/h1-26H. The van der Waals surface area contributed by atoms with E-state index in [4.69, 9.17) is 9.47 Å². The van der Waals surface area contributed by atoms with E-state index >= 15 is 0 Å². The molecule has 0 fully saturated rings. The molecule has 0 saturated heterocycles. The molecule has 0 spiro atoms. The van der Waals surface area contributed by atoms with Gasteiger partial charge in [-0.2, -0.15) is 0 Å². The molecule has 2 aliphatic rings. The molecule has 10 rings (SSSR count). The van der Waals surface area contributed by atoms with Crippen LogP contribution in [0.2, 0.25) is 0 Å². The third kappa shape index (κ3) is 4.13. The van der Waals surface area contributed by atoms with Crippen molar-refractivity contribution in [1.29, 1.82) is 0 Å². The Morgan fingerprint density at radius 1 is 0.511 bits per heavy atom. The smallest absolute Gasteiger partial charge is 0.260 e. The molecule has 0 unspecified atom stereocenters. The van der Waals surface area contributed by atoms with Crippen LogP contribution in [0.1, 0.15) is 0 Å². The van der Waals surface area contributed by atoms with Crippen molar-refractivity contribution < 1.29 is 9.47 Å². The third-order valence-corrected chi connectivity index (χ3v) is 10.3. The van der Waals surface area contributed by atoms with Gasteiger partial charge in [0, 0.05) is 33.2 Å². The monoisotopic (exact) mass is 619 g/mol. The van der Waals surface area contributed by atoms with Gasteiger partial charge in [0.15, 0.2) is 0 Å². The second-order valence-electron chi connectivity index (χ2n) is 12.1. The van der Waals surface area contributed by atoms with E-state index in [1.165, 1.54) is 20.9 Å². The fourth-order valence-electron chi connectivity index (χ4n) is 7.35. The lowest BCUT2D eigenvalue weighted by Crippen LogP contribution is -2.57. The number of ether oxygens (including phenoxy) is 2. The highest BCUT2D eigenvalue weighted by molar-refractivity contribution is 7.17. The van der Waals surface area contributed by atoms with E-state index < -0.39 is 0 Å². The minimum Gasteiger partial charge on any atom is -0.458 e. The van der Waals surface area contributed by atoms with Crippen molar-refractivity contribution >= 4 is 72.4 Å². The van der Waals surface area contributed by atoms with Gasteiger partial charge in [-0.3, -0.25) is 0 Å². The Hall–Kier alpha value is -5.78. The summed E-state index contributed by atoms with van der Waals surface area (Å²) in [6.45, 7) is 0.0253. The minimum atomic E-state index is 0.0253. The number of hydrogen-bond acceptors (Lipinski definition) is 4. The van der Waals surface area contributed by atoms with Gasteiger partial charge in [0.05, 0.1) is 17.1 Å². The number of para-hydroxylation sites is 2. The summed E-state index contributed by atoms with van der Waals surface area (Å²) in [7, 11) is 0. The maximum absolute atomic E-state index is 6.76. The zero-order valence-electron chi connectivity index (χ0n) is 25.3. The minimum absolute atomic E-state index is 0.0253.